The summed E-state index contributed by atoms with van der Waals surface area (Å²) in [6, 6.07) is 5.50. The summed E-state index contributed by atoms with van der Waals surface area (Å²) >= 11 is 5.97. The lowest BCUT2D eigenvalue weighted by molar-refractivity contribution is 0.0697. The number of hydrogen-bond acceptors (Lipinski definition) is 2. The van der Waals surface area contributed by atoms with E-state index in [2.05, 4.69) is 18.7 Å². The average molecular weight is 256 g/mol. The lowest BCUT2D eigenvalue weighted by atomic mass is 10.1. The van der Waals surface area contributed by atoms with Crippen LogP contribution in [0.25, 0.3) is 0 Å². The standard InChI is InChI=1S/C13H18ClNO2/c1-4-9(3)15(5-2)11-8-6-7-10(14)12(11)13(16)17/h6-9H,4-5H2,1-3H3,(H,16,17). The monoisotopic (exact) mass is 255 g/mol. The maximum Gasteiger partial charge on any atom is 0.339 e. The number of anilines is 1. The van der Waals surface area contributed by atoms with Crippen molar-refractivity contribution in [2.24, 2.45) is 0 Å². The van der Waals surface area contributed by atoms with Gasteiger partial charge >= 0.3 is 5.97 Å². The molecule has 0 spiro atoms. The summed E-state index contributed by atoms with van der Waals surface area (Å²) in [6.45, 7) is 6.93. The fourth-order valence-electron chi connectivity index (χ4n) is 1.90. The second-order valence-electron chi connectivity index (χ2n) is 3.98. The molecule has 0 aromatic heterocycles. The maximum absolute atomic E-state index is 11.3. The number of carboxylic acids is 1. The van der Waals surface area contributed by atoms with E-state index in [4.69, 9.17) is 11.6 Å². The van der Waals surface area contributed by atoms with Crippen LogP contribution in [0.15, 0.2) is 18.2 Å². The van der Waals surface area contributed by atoms with E-state index in [1.165, 1.54) is 0 Å². The summed E-state index contributed by atoms with van der Waals surface area (Å²) in [6.07, 6.45) is 0.958. The van der Waals surface area contributed by atoms with Gasteiger partial charge in [0.1, 0.15) is 5.56 Å². The van der Waals surface area contributed by atoms with Crippen LogP contribution in [0.1, 0.15) is 37.6 Å². The Morgan fingerprint density at radius 3 is 2.59 bits per heavy atom. The molecule has 4 heteroatoms. The van der Waals surface area contributed by atoms with E-state index in [1.807, 2.05) is 13.0 Å². The fraction of sp³-hybridized carbons (Fsp3) is 0.462. The first-order chi connectivity index (χ1) is 8.02. The van der Waals surface area contributed by atoms with E-state index in [-0.39, 0.29) is 16.6 Å². The molecule has 0 saturated heterocycles. The summed E-state index contributed by atoms with van der Waals surface area (Å²) in [5, 5.41) is 9.52. The third-order valence-electron chi connectivity index (χ3n) is 2.98. The van der Waals surface area contributed by atoms with Gasteiger partial charge in [-0.3, -0.25) is 0 Å². The van der Waals surface area contributed by atoms with E-state index in [9.17, 15) is 9.90 Å². The van der Waals surface area contributed by atoms with Gasteiger partial charge in [0.05, 0.1) is 10.7 Å². The summed E-state index contributed by atoms with van der Waals surface area (Å²) in [7, 11) is 0. The minimum Gasteiger partial charge on any atom is -0.478 e. The van der Waals surface area contributed by atoms with Crippen LogP contribution in [0.4, 0.5) is 5.69 Å². The highest BCUT2D eigenvalue weighted by Crippen LogP contribution is 2.29. The Kier molecular flexibility index (Phi) is 4.82. The third-order valence-corrected chi connectivity index (χ3v) is 3.29. The molecule has 1 atom stereocenters. The van der Waals surface area contributed by atoms with Crippen molar-refractivity contribution in [3.8, 4) is 0 Å². The molecule has 1 N–H and O–H groups in total. The van der Waals surface area contributed by atoms with Gasteiger partial charge in [0.2, 0.25) is 0 Å². The minimum atomic E-state index is -0.979. The number of benzene rings is 1. The molecule has 3 nitrogen and oxygen atoms in total. The van der Waals surface area contributed by atoms with Gasteiger partial charge in [-0.15, -0.1) is 0 Å². The van der Waals surface area contributed by atoms with Crippen LogP contribution in [0.2, 0.25) is 5.02 Å². The van der Waals surface area contributed by atoms with Crippen LogP contribution in [0, 0.1) is 0 Å². The predicted molar refractivity (Wildman–Crippen MR) is 71.2 cm³/mol. The van der Waals surface area contributed by atoms with Crippen LogP contribution in [-0.2, 0) is 0 Å². The van der Waals surface area contributed by atoms with Crippen LogP contribution < -0.4 is 4.90 Å². The molecule has 1 rings (SSSR count). The zero-order valence-electron chi connectivity index (χ0n) is 10.4. The molecule has 0 saturated carbocycles. The number of halogens is 1. The molecule has 0 aliphatic carbocycles. The Morgan fingerprint density at radius 1 is 1.47 bits per heavy atom. The predicted octanol–water partition coefficient (Wildman–Crippen LogP) is 3.66. The SMILES string of the molecule is CCC(C)N(CC)c1cccc(Cl)c1C(=O)O. The van der Waals surface area contributed by atoms with Gasteiger partial charge in [-0.2, -0.15) is 0 Å². The molecule has 1 aromatic rings. The second-order valence-corrected chi connectivity index (χ2v) is 4.39. The van der Waals surface area contributed by atoms with Gasteiger partial charge in [-0.25, -0.2) is 4.79 Å². The number of aromatic carboxylic acids is 1. The van der Waals surface area contributed by atoms with Gasteiger partial charge in [-0.05, 0) is 32.4 Å². The maximum atomic E-state index is 11.3. The Hall–Kier alpha value is -1.22. The Morgan fingerprint density at radius 2 is 2.12 bits per heavy atom. The number of hydrogen-bond donors (Lipinski definition) is 1. The van der Waals surface area contributed by atoms with E-state index in [0.29, 0.717) is 5.69 Å². The van der Waals surface area contributed by atoms with Gasteiger partial charge in [0.15, 0.2) is 0 Å². The number of carboxylic acid groups (broad SMARTS) is 1. The van der Waals surface area contributed by atoms with Gasteiger partial charge in [-0.1, -0.05) is 24.6 Å². The molecular formula is C13H18ClNO2. The first kappa shape index (κ1) is 13.8. The molecule has 0 radical (unpaired) electrons. The van der Waals surface area contributed by atoms with E-state index in [0.717, 1.165) is 13.0 Å². The third kappa shape index (κ3) is 2.91. The van der Waals surface area contributed by atoms with Crippen LogP contribution in [0.5, 0.6) is 0 Å². The van der Waals surface area contributed by atoms with Crippen molar-refractivity contribution in [2.45, 2.75) is 33.2 Å². The normalized spacial score (nSPS) is 12.2. The largest absolute Gasteiger partial charge is 0.478 e. The summed E-state index contributed by atoms with van der Waals surface area (Å²) in [4.78, 5) is 13.3. The zero-order valence-corrected chi connectivity index (χ0v) is 11.2. The highest BCUT2D eigenvalue weighted by molar-refractivity contribution is 6.34. The molecule has 1 aromatic carbocycles. The van der Waals surface area contributed by atoms with Crippen LogP contribution in [-0.4, -0.2) is 23.7 Å². The number of nitrogens with zero attached hydrogens (tertiary/aromatic N) is 1. The van der Waals surface area contributed by atoms with E-state index in [1.54, 1.807) is 12.1 Å². The number of carbonyl (C=O) groups is 1. The zero-order chi connectivity index (χ0) is 13.0. The molecule has 0 aliphatic rings. The van der Waals surface area contributed by atoms with Gasteiger partial charge in [0, 0.05) is 12.6 Å². The van der Waals surface area contributed by atoms with Gasteiger partial charge < -0.3 is 10.0 Å². The molecule has 1 unspecified atom stereocenters. The molecule has 0 aliphatic heterocycles. The first-order valence-corrected chi connectivity index (χ1v) is 6.19. The Balaban J connectivity index is 3.28. The smallest absolute Gasteiger partial charge is 0.339 e. The molecule has 0 fully saturated rings. The summed E-state index contributed by atoms with van der Waals surface area (Å²) in [5.41, 5.74) is 0.887. The Bertz CT molecular complexity index is 406. The summed E-state index contributed by atoms with van der Waals surface area (Å²) in [5.74, 6) is -0.979. The van der Waals surface area contributed by atoms with Crippen LogP contribution in [0.3, 0.4) is 0 Å². The molecular weight excluding hydrogens is 238 g/mol. The fourth-order valence-corrected chi connectivity index (χ4v) is 2.15. The van der Waals surface area contributed by atoms with Gasteiger partial charge in [0.25, 0.3) is 0 Å². The Labute approximate surface area is 107 Å². The highest BCUT2D eigenvalue weighted by atomic mass is 35.5. The molecule has 17 heavy (non-hydrogen) atoms. The minimum absolute atomic E-state index is 0.191. The lowest BCUT2D eigenvalue weighted by Gasteiger charge is -2.30. The summed E-state index contributed by atoms with van der Waals surface area (Å²) < 4.78 is 0. The second kappa shape index (κ2) is 5.92. The number of rotatable bonds is 5. The molecule has 94 valence electrons. The van der Waals surface area contributed by atoms with Crippen molar-refractivity contribution in [1.82, 2.24) is 0 Å². The first-order valence-electron chi connectivity index (χ1n) is 5.81. The van der Waals surface area contributed by atoms with E-state index >= 15 is 0 Å². The van der Waals surface area contributed by atoms with Crippen molar-refractivity contribution in [3.63, 3.8) is 0 Å². The quantitative estimate of drug-likeness (QED) is 0.873. The van der Waals surface area contributed by atoms with Crippen molar-refractivity contribution in [2.75, 3.05) is 11.4 Å². The molecule has 0 heterocycles. The molecule has 0 amide bonds. The molecule has 0 bridgehead atoms. The topological polar surface area (TPSA) is 40.5 Å². The van der Waals surface area contributed by atoms with Crippen LogP contribution >= 0.6 is 11.6 Å². The lowest BCUT2D eigenvalue weighted by Crippen LogP contribution is -2.33. The van der Waals surface area contributed by atoms with Crippen molar-refractivity contribution >= 4 is 23.3 Å². The average Bonchev–Trinajstić information content (AvgIpc) is 2.29. The van der Waals surface area contributed by atoms with E-state index < -0.39 is 5.97 Å². The van der Waals surface area contributed by atoms with Crippen molar-refractivity contribution < 1.29 is 9.90 Å². The highest BCUT2D eigenvalue weighted by Gasteiger charge is 2.20. The van der Waals surface area contributed by atoms with Crippen molar-refractivity contribution in [1.29, 1.82) is 0 Å². The van der Waals surface area contributed by atoms with Crippen molar-refractivity contribution in [3.05, 3.63) is 28.8 Å².